The number of benzene rings is 1. The van der Waals surface area contributed by atoms with E-state index in [2.05, 4.69) is 15.2 Å². The van der Waals surface area contributed by atoms with Gasteiger partial charge in [0.05, 0.1) is 22.9 Å². The zero-order valence-corrected chi connectivity index (χ0v) is 11.6. The van der Waals surface area contributed by atoms with E-state index in [4.69, 9.17) is 5.73 Å². The second-order valence-corrected chi connectivity index (χ2v) is 5.55. The van der Waals surface area contributed by atoms with Gasteiger partial charge >= 0.3 is 6.03 Å². The first kappa shape index (κ1) is 12.3. The van der Waals surface area contributed by atoms with Crippen molar-refractivity contribution in [2.24, 2.45) is 0 Å². The lowest BCUT2D eigenvalue weighted by Gasteiger charge is -2.38. The summed E-state index contributed by atoms with van der Waals surface area (Å²) in [5.41, 5.74) is 9.05. The van der Waals surface area contributed by atoms with E-state index in [0.29, 0.717) is 6.54 Å². The maximum absolute atomic E-state index is 11.7. The number of nitrogens with zero attached hydrogens (tertiary/aromatic N) is 3. The monoisotopic (exact) mass is 283 g/mol. The predicted molar refractivity (Wildman–Crippen MR) is 82.3 cm³/mol. The average molecular weight is 283 g/mol. The van der Waals surface area contributed by atoms with Crippen LogP contribution < -0.4 is 16.0 Å². The Morgan fingerprint density at radius 3 is 3.10 bits per heavy atom. The maximum Gasteiger partial charge on any atom is 0.317 e. The van der Waals surface area contributed by atoms with Gasteiger partial charge in [0, 0.05) is 37.8 Å². The third-order valence-corrected chi connectivity index (χ3v) is 4.38. The molecule has 0 bridgehead atoms. The van der Waals surface area contributed by atoms with Crippen molar-refractivity contribution in [1.29, 1.82) is 0 Å². The maximum atomic E-state index is 11.7. The van der Waals surface area contributed by atoms with Crippen LogP contribution in [-0.2, 0) is 0 Å². The quantitative estimate of drug-likeness (QED) is 0.767. The Bertz CT molecular complexity index is 716. The summed E-state index contributed by atoms with van der Waals surface area (Å²) in [5.74, 6) is 0. The molecule has 0 aliphatic carbocycles. The number of fused-ring (bicyclic) bond motifs is 2. The van der Waals surface area contributed by atoms with Crippen molar-refractivity contribution in [3.05, 3.63) is 30.5 Å². The fourth-order valence-electron chi connectivity index (χ4n) is 3.26. The molecule has 2 aliphatic rings. The van der Waals surface area contributed by atoms with Gasteiger partial charge in [-0.3, -0.25) is 4.98 Å². The van der Waals surface area contributed by atoms with E-state index in [1.165, 1.54) is 0 Å². The summed E-state index contributed by atoms with van der Waals surface area (Å²) in [4.78, 5) is 20.2. The molecule has 3 N–H and O–H groups in total. The van der Waals surface area contributed by atoms with Crippen LogP contribution in [0.25, 0.3) is 10.9 Å². The van der Waals surface area contributed by atoms with Gasteiger partial charge in [0.25, 0.3) is 0 Å². The lowest BCUT2D eigenvalue weighted by Crippen LogP contribution is -2.52. The van der Waals surface area contributed by atoms with Crippen LogP contribution in [0.1, 0.15) is 0 Å². The van der Waals surface area contributed by atoms with E-state index in [-0.39, 0.29) is 12.1 Å². The van der Waals surface area contributed by atoms with Crippen molar-refractivity contribution in [3.8, 4) is 0 Å². The Labute approximate surface area is 122 Å². The zero-order chi connectivity index (χ0) is 14.4. The van der Waals surface area contributed by atoms with Crippen LogP contribution in [0, 0.1) is 0 Å². The highest BCUT2D eigenvalue weighted by molar-refractivity contribution is 5.97. The van der Waals surface area contributed by atoms with E-state index < -0.39 is 0 Å². The highest BCUT2D eigenvalue weighted by Crippen LogP contribution is 2.32. The van der Waals surface area contributed by atoms with Crippen molar-refractivity contribution in [2.75, 3.05) is 36.8 Å². The molecule has 0 spiro atoms. The minimum absolute atomic E-state index is 0.0512. The predicted octanol–water partition coefficient (Wildman–Crippen LogP) is 1.03. The number of hydrogen-bond donors (Lipinski definition) is 2. The molecule has 21 heavy (non-hydrogen) atoms. The summed E-state index contributed by atoms with van der Waals surface area (Å²) < 4.78 is 0. The highest BCUT2D eigenvalue weighted by atomic mass is 16.2. The van der Waals surface area contributed by atoms with Crippen molar-refractivity contribution in [1.82, 2.24) is 15.2 Å². The van der Waals surface area contributed by atoms with E-state index in [0.717, 1.165) is 41.9 Å². The summed E-state index contributed by atoms with van der Waals surface area (Å²) >= 11 is 0. The number of carbonyl (C=O) groups is 1. The number of urea groups is 1. The molecule has 2 aromatic rings. The summed E-state index contributed by atoms with van der Waals surface area (Å²) in [6.45, 7) is 3.07. The molecule has 3 heterocycles. The molecule has 0 radical (unpaired) electrons. The smallest absolute Gasteiger partial charge is 0.317 e. The van der Waals surface area contributed by atoms with Gasteiger partial charge in [0.2, 0.25) is 0 Å². The minimum atomic E-state index is 0.0512. The zero-order valence-electron chi connectivity index (χ0n) is 11.6. The van der Waals surface area contributed by atoms with E-state index >= 15 is 0 Å². The summed E-state index contributed by atoms with van der Waals surface area (Å²) in [6, 6.07) is 8.22. The Hall–Kier alpha value is -2.50. The van der Waals surface area contributed by atoms with Crippen LogP contribution in [0.3, 0.4) is 0 Å². The van der Waals surface area contributed by atoms with Crippen molar-refractivity contribution < 1.29 is 4.79 Å². The number of pyridine rings is 1. The summed E-state index contributed by atoms with van der Waals surface area (Å²) in [5, 5.41) is 3.88. The first-order valence-electron chi connectivity index (χ1n) is 7.16. The molecular weight excluding hydrogens is 266 g/mol. The molecule has 1 aromatic carbocycles. The van der Waals surface area contributed by atoms with E-state index in [1.807, 2.05) is 29.2 Å². The Balaban J connectivity index is 1.68. The van der Waals surface area contributed by atoms with Gasteiger partial charge in [0.15, 0.2) is 0 Å². The number of nitrogens with two attached hydrogens (primary N) is 1. The minimum Gasteiger partial charge on any atom is -0.396 e. The van der Waals surface area contributed by atoms with Crippen LogP contribution >= 0.6 is 0 Å². The van der Waals surface area contributed by atoms with Gasteiger partial charge in [-0.15, -0.1) is 0 Å². The third-order valence-electron chi connectivity index (χ3n) is 4.38. The van der Waals surface area contributed by atoms with Crippen molar-refractivity contribution >= 4 is 28.3 Å². The van der Waals surface area contributed by atoms with Gasteiger partial charge in [-0.2, -0.15) is 0 Å². The molecule has 6 heteroatoms. The topological polar surface area (TPSA) is 74.5 Å². The standard InChI is InChI=1S/C15H17N5O/c16-14-11-2-1-5-17-12(11)3-4-13(14)19-6-7-20-10(9-19)8-18-15(20)21/h1-5,10H,6-9,16H2,(H,18,21). The first-order valence-corrected chi connectivity index (χ1v) is 7.16. The normalized spacial score (nSPS) is 21.5. The molecule has 0 saturated carbocycles. The van der Waals surface area contributed by atoms with Crippen LogP contribution in [0.2, 0.25) is 0 Å². The number of rotatable bonds is 1. The Morgan fingerprint density at radius 2 is 2.19 bits per heavy atom. The fourth-order valence-corrected chi connectivity index (χ4v) is 3.26. The second-order valence-electron chi connectivity index (χ2n) is 5.55. The van der Waals surface area contributed by atoms with Crippen LogP contribution in [-0.4, -0.2) is 48.1 Å². The molecule has 1 aromatic heterocycles. The van der Waals surface area contributed by atoms with Gasteiger partial charge in [0.1, 0.15) is 0 Å². The number of carbonyl (C=O) groups excluding carboxylic acids is 1. The Kier molecular flexibility index (Phi) is 2.63. The number of nitrogen functional groups attached to an aromatic ring is 1. The summed E-state index contributed by atoms with van der Waals surface area (Å²) in [7, 11) is 0. The number of anilines is 2. The molecular formula is C15H17N5O. The van der Waals surface area contributed by atoms with Crippen molar-refractivity contribution in [2.45, 2.75) is 6.04 Å². The lowest BCUT2D eigenvalue weighted by atomic mass is 10.1. The number of hydrogen-bond acceptors (Lipinski definition) is 4. The molecule has 2 fully saturated rings. The molecule has 2 amide bonds. The van der Waals surface area contributed by atoms with Crippen LogP contribution in [0.5, 0.6) is 0 Å². The first-order chi connectivity index (χ1) is 10.2. The number of aromatic nitrogens is 1. The highest BCUT2D eigenvalue weighted by Gasteiger charge is 2.35. The SMILES string of the molecule is Nc1c(N2CCN3C(=O)NCC3C2)ccc2ncccc12. The molecule has 1 atom stereocenters. The Morgan fingerprint density at radius 1 is 1.29 bits per heavy atom. The van der Waals surface area contributed by atoms with E-state index in [1.54, 1.807) is 6.20 Å². The second kappa shape index (κ2) is 4.51. The van der Waals surface area contributed by atoms with Crippen molar-refractivity contribution in [3.63, 3.8) is 0 Å². The lowest BCUT2D eigenvalue weighted by molar-refractivity contribution is 0.198. The molecule has 6 nitrogen and oxygen atoms in total. The number of piperazine rings is 1. The van der Waals surface area contributed by atoms with Gasteiger partial charge in [-0.25, -0.2) is 4.79 Å². The fraction of sp³-hybridized carbons (Fsp3) is 0.333. The summed E-state index contributed by atoms with van der Waals surface area (Å²) in [6.07, 6.45) is 1.77. The molecule has 1 unspecified atom stereocenters. The van der Waals surface area contributed by atoms with Crippen LogP contribution in [0.15, 0.2) is 30.5 Å². The van der Waals surface area contributed by atoms with Gasteiger partial charge < -0.3 is 20.9 Å². The average Bonchev–Trinajstić information content (AvgIpc) is 2.89. The number of nitrogens with one attached hydrogen (secondary N) is 1. The van der Waals surface area contributed by atoms with Gasteiger partial charge in [-0.05, 0) is 24.3 Å². The van der Waals surface area contributed by atoms with E-state index in [9.17, 15) is 4.79 Å². The number of amides is 2. The third kappa shape index (κ3) is 1.86. The molecule has 2 aliphatic heterocycles. The molecule has 4 rings (SSSR count). The molecule has 108 valence electrons. The van der Waals surface area contributed by atoms with Crippen LogP contribution in [0.4, 0.5) is 16.2 Å². The molecule has 2 saturated heterocycles. The van der Waals surface area contributed by atoms with Gasteiger partial charge in [-0.1, -0.05) is 0 Å². The largest absolute Gasteiger partial charge is 0.396 e.